The summed E-state index contributed by atoms with van der Waals surface area (Å²) < 4.78 is 1.81. The Labute approximate surface area is 143 Å². The minimum absolute atomic E-state index is 0.222. The van der Waals surface area contributed by atoms with Crippen molar-refractivity contribution in [1.82, 2.24) is 19.7 Å². The maximum Gasteiger partial charge on any atom is 0.249 e. The van der Waals surface area contributed by atoms with Crippen LogP contribution in [0.15, 0.2) is 48.2 Å². The minimum Gasteiger partial charge on any atom is -0.306 e. The first-order valence-electron chi connectivity index (χ1n) is 7.52. The van der Waals surface area contributed by atoms with Gasteiger partial charge in [-0.2, -0.15) is 5.10 Å². The van der Waals surface area contributed by atoms with Gasteiger partial charge in [-0.25, -0.2) is 4.98 Å². The van der Waals surface area contributed by atoms with E-state index in [2.05, 4.69) is 20.4 Å². The molecule has 24 heavy (non-hydrogen) atoms. The molecular weight excluding hydrogens is 322 g/mol. The molecule has 0 unspecified atom stereocenters. The Hall–Kier alpha value is -2.80. The van der Waals surface area contributed by atoms with E-state index in [-0.39, 0.29) is 5.91 Å². The third-order valence-corrected chi connectivity index (χ3v) is 4.10. The van der Waals surface area contributed by atoms with Crippen LogP contribution in [0.3, 0.4) is 0 Å². The predicted octanol–water partition coefficient (Wildman–Crippen LogP) is 2.94. The van der Waals surface area contributed by atoms with Crippen LogP contribution in [0.2, 0.25) is 0 Å². The number of nitrogens with zero attached hydrogens (tertiary/aromatic N) is 4. The summed E-state index contributed by atoms with van der Waals surface area (Å²) in [5.74, 6) is 0.314. The number of carbonyl (C=O) groups excluding carboxylic acids is 1. The molecule has 0 bridgehead atoms. The van der Waals surface area contributed by atoms with Gasteiger partial charge in [0.15, 0.2) is 5.82 Å². The first kappa shape index (κ1) is 16.1. The van der Waals surface area contributed by atoms with Gasteiger partial charge in [-0.05, 0) is 37.1 Å². The van der Waals surface area contributed by atoms with E-state index in [1.165, 1.54) is 11.6 Å². The average molecular weight is 339 g/mol. The van der Waals surface area contributed by atoms with Gasteiger partial charge in [-0.15, -0.1) is 11.3 Å². The maximum atomic E-state index is 11.9. The van der Waals surface area contributed by atoms with E-state index in [1.54, 1.807) is 35.9 Å². The molecule has 7 heteroatoms. The van der Waals surface area contributed by atoms with Crippen LogP contribution in [-0.2, 0) is 17.8 Å². The van der Waals surface area contributed by atoms with Gasteiger partial charge in [0, 0.05) is 42.7 Å². The summed E-state index contributed by atoms with van der Waals surface area (Å²) in [5.41, 5.74) is 1.99. The summed E-state index contributed by atoms with van der Waals surface area (Å²) in [7, 11) is 0. The molecule has 122 valence electrons. The first-order valence-corrected chi connectivity index (χ1v) is 8.40. The average Bonchev–Trinajstić information content (AvgIpc) is 3.21. The van der Waals surface area contributed by atoms with Gasteiger partial charge in [-0.3, -0.25) is 14.5 Å². The van der Waals surface area contributed by atoms with E-state index in [1.807, 2.05) is 35.3 Å². The van der Waals surface area contributed by atoms with E-state index in [0.29, 0.717) is 5.82 Å². The van der Waals surface area contributed by atoms with Crippen molar-refractivity contribution in [2.75, 3.05) is 5.32 Å². The van der Waals surface area contributed by atoms with Gasteiger partial charge in [0.1, 0.15) is 0 Å². The van der Waals surface area contributed by atoms with Crippen molar-refractivity contribution in [3.05, 3.63) is 64.5 Å². The van der Waals surface area contributed by atoms with Crippen molar-refractivity contribution in [2.45, 2.75) is 19.9 Å². The number of amides is 1. The summed E-state index contributed by atoms with van der Waals surface area (Å²) in [5, 5.41) is 9.98. The zero-order valence-electron chi connectivity index (χ0n) is 13.2. The third kappa shape index (κ3) is 4.60. The van der Waals surface area contributed by atoms with Gasteiger partial charge < -0.3 is 5.32 Å². The fourth-order valence-electron chi connectivity index (χ4n) is 2.13. The Morgan fingerprint density at radius 2 is 2.17 bits per heavy atom. The van der Waals surface area contributed by atoms with Crippen molar-refractivity contribution in [3.8, 4) is 0 Å². The lowest BCUT2D eigenvalue weighted by Crippen LogP contribution is -2.09. The molecular formula is C17H17N5OS. The van der Waals surface area contributed by atoms with Gasteiger partial charge in [0.05, 0.1) is 10.7 Å². The van der Waals surface area contributed by atoms with Gasteiger partial charge >= 0.3 is 0 Å². The number of hydrogen-bond donors (Lipinski definition) is 1. The lowest BCUT2D eigenvalue weighted by atomic mass is 10.2. The maximum absolute atomic E-state index is 11.9. The molecule has 0 radical (unpaired) electrons. The minimum atomic E-state index is -0.222. The number of aryl methyl sites for hydroxylation is 3. The van der Waals surface area contributed by atoms with Crippen LogP contribution >= 0.6 is 11.3 Å². The molecule has 1 N–H and O–H groups in total. The van der Waals surface area contributed by atoms with Crippen LogP contribution in [0.5, 0.6) is 0 Å². The summed E-state index contributed by atoms with van der Waals surface area (Å²) in [6.07, 6.45) is 9.43. The van der Waals surface area contributed by atoms with Crippen LogP contribution in [0, 0.1) is 6.92 Å². The Kier molecular flexibility index (Phi) is 5.12. The van der Waals surface area contributed by atoms with Crippen LogP contribution in [-0.4, -0.2) is 25.7 Å². The van der Waals surface area contributed by atoms with Gasteiger partial charge in [0.2, 0.25) is 5.91 Å². The lowest BCUT2D eigenvalue weighted by Gasteiger charge is -2.01. The van der Waals surface area contributed by atoms with Gasteiger partial charge in [0.25, 0.3) is 0 Å². The van der Waals surface area contributed by atoms with E-state index < -0.39 is 0 Å². The van der Waals surface area contributed by atoms with Crippen LogP contribution < -0.4 is 5.32 Å². The van der Waals surface area contributed by atoms with E-state index in [9.17, 15) is 4.79 Å². The van der Waals surface area contributed by atoms with Crippen molar-refractivity contribution in [3.63, 3.8) is 0 Å². The molecule has 0 aliphatic carbocycles. The van der Waals surface area contributed by atoms with Crippen molar-refractivity contribution in [2.24, 2.45) is 0 Å². The molecule has 0 saturated heterocycles. The highest BCUT2D eigenvalue weighted by molar-refractivity contribution is 7.09. The second kappa shape index (κ2) is 7.65. The van der Waals surface area contributed by atoms with Crippen LogP contribution in [0.1, 0.15) is 16.3 Å². The number of rotatable bonds is 6. The second-order valence-corrected chi connectivity index (χ2v) is 6.25. The molecule has 0 fully saturated rings. The highest BCUT2D eigenvalue weighted by Gasteiger charge is 2.03. The Morgan fingerprint density at radius 3 is 2.92 bits per heavy atom. The molecule has 3 rings (SSSR count). The van der Waals surface area contributed by atoms with Gasteiger partial charge in [-0.1, -0.05) is 0 Å². The van der Waals surface area contributed by atoms with Crippen molar-refractivity contribution in [1.29, 1.82) is 0 Å². The molecule has 3 aromatic heterocycles. The number of nitrogens with one attached hydrogen (secondary N) is 1. The van der Waals surface area contributed by atoms with E-state index in [0.717, 1.165) is 23.7 Å². The highest BCUT2D eigenvalue weighted by Crippen LogP contribution is 2.10. The monoisotopic (exact) mass is 339 g/mol. The van der Waals surface area contributed by atoms with Crippen LogP contribution in [0.25, 0.3) is 6.08 Å². The van der Waals surface area contributed by atoms with E-state index in [4.69, 9.17) is 0 Å². The lowest BCUT2D eigenvalue weighted by molar-refractivity contribution is -0.111. The van der Waals surface area contributed by atoms with Crippen molar-refractivity contribution >= 4 is 29.1 Å². The zero-order valence-corrected chi connectivity index (χ0v) is 14.0. The number of pyridine rings is 1. The summed E-state index contributed by atoms with van der Waals surface area (Å²) in [4.78, 5) is 20.2. The Bertz CT molecular complexity index is 838. The molecule has 6 nitrogen and oxygen atoms in total. The van der Waals surface area contributed by atoms with Crippen LogP contribution in [0.4, 0.5) is 5.82 Å². The molecule has 0 spiro atoms. The fraction of sp³-hybridized carbons (Fsp3) is 0.176. The zero-order chi connectivity index (χ0) is 16.8. The SMILES string of the molecule is Cc1nc(/C=C/C(=O)Nc2ccn(CCc3ccncc3)n2)cs1. The van der Waals surface area contributed by atoms with Crippen molar-refractivity contribution < 1.29 is 4.79 Å². The summed E-state index contributed by atoms with van der Waals surface area (Å²) in [6.45, 7) is 2.68. The quantitative estimate of drug-likeness (QED) is 0.701. The predicted molar refractivity (Wildman–Crippen MR) is 94.7 cm³/mol. The highest BCUT2D eigenvalue weighted by atomic mass is 32.1. The summed E-state index contributed by atoms with van der Waals surface area (Å²) >= 11 is 1.55. The summed E-state index contributed by atoms with van der Waals surface area (Å²) in [6, 6.07) is 5.75. The molecule has 3 heterocycles. The molecule has 0 aliphatic heterocycles. The number of carbonyl (C=O) groups is 1. The fourth-order valence-corrected chi connectivity index (χ4v) is 2.71. The topological polar surface area (TPSA) is 72.7 Å². The second-order valence-electron chi connectivity index (χ2n) is 5.18. The largest absolute Gasteiger partial charge is 0.306 e. The molecule has 0 saturated carbocycles. The third-order valence-electron chi connectivity index (χ3n) is 3.31. The normalized spacial score (nSPS) is 11.0. The molecule has 1 amide bonds. The van der Waals surface area contributed by atoms with E-state index >= 15 is 0 Å². The molecule has 0 atom stereocenters. The molecule has 0 aliphatic rings. The number of aromatic nitrogens is 4. The standard InChI is InChI=1S/C17H17N5OS/c1-13-19-15(12-24-13)2-3-17(23)20-16-7-11-22(21-16)10-6-14-4-8-18-9-5-14/h2-5,7-9,11-12H,6,10H2,1H3,(H,20,21,23)/b3-2+. The first-order chi connectivity index (χ1) is 11.7. The smallest absolute Gasteiger partial charge is 0.249 e. The number of hydrogen-bond acceptors (Lipinski definition) is 5. The number of anilines is 1. The Morgan fingerprint density at radius 1 is 1.33 bits per heavy atom. The Balaban J connectivity index is 1.52. The molecule has 0 aromatic carbocycles. The number of thiazole rings is 1. The molecule has 3 aromatic rings.